The minimum absolute atomic E-state index is 0.678. The molecule has 1 saturated carbocycles. The molecule has 3 rings (SSSR count). The number of nitrogens with one attached hydrogen (secondary N) is 2. The SMILES string of the molecule is CCNC(=NCc1ccccc1Cn1cccn1)NCC1CC1. The fourth-order valence-corrected chi connectivity index (χ4v) is 2.50. The number of hydrogen-bond donors (Lipinski definition) is 2. The van der Waals surface area contributed by atoms with E-state index in [2.05, 4.69) is 46.9 Å². The Morgan fingerprint density at radius 3 is 2.74 bits per heavy atom. The van der Waals surface area contributed by atoms with Crippen molar-refractivity contribution >= 4 is 5.96 Å². The molecule has 0 saturated heterocycles. The van der Waals surface area contributed by atoms with E-state index in [4.69, 9.17) is 4.99 Å². The maximum atomic E-state index is 4.74. The first kappa shape index (κ1) is 15.6. The highest BCUT2D eigenvalue weighted by atomic mass is 15.3. The van der Waals surface area contributed by atoms with Gasteiger partial charge < -0.3 is 10.6 Å². The van der Waals surface area contributed by atoms with Crippen molar-refractivity contribution in [1.29, 1.82) is 0 Å². The molecule has 23 heavy (non-hydrogen) atoms. The van der Waals surface area contributed by atoms with Gasteiger partial charge in [0, 0.05) is 25.5 Å². The maximum absolute atomic E-state index is 4.74. The van der Waals surface area contributed by atoms with Crippen molar-refractivity contribution in [2.24, 2.45) is 10.9 Å². The van der Waals surface area contributed by atoms with E-state index in [1.807, 2.05) is 23.1 Å². The lowest BCUT2D eigenvalue weighted by Crippen LogP contribution is -2.38. The number of rotatable bonds is 7. The molecular weight excluding hydrogens is 286 g/mol. The van der Waals surface area contributed by atoms with E-state index >= 15 is 0 Å². The summed E-state index contributed by atoms with van der Waals surface area (Å²) < 4.78 is 1.94. The molecule has 1 fully saturated rings. The van der Waals surface area contributed by atoms with E-state index in [1.165, 1.54) is 24.0 Å². The van der Waals surface area contributed by atoms with Crippen LogP contribution in [0.2, 0.25) is 0 Å². The molecule has 122 valence electrons. The van der Waals surface area contributed by atoms with Gasteiger partial charge in [-0.1, -0.05) is 24.3 Å². The molecule has 0 unspecified atom stereocenters. The van der Waals surface area contributed by atoms with Crippen molar-refractivity contribution in [1.82, 2.24) is 20.4 Å². The number of benzene rings is 1. The van der Waals surface area contributed by atoms with Crippen molar-refractivity contribution in [2.45, 2.75) is 32.9 Å². The van der Waals surface area contributed by atoms with Crippen molar-refractivity contribution in [2.75, 3.05) is 13.1 Å². The Labute approximate surface area is 137 Å². The Morgan fingerprint density at radius 2 is 2.04 bits per heavy atom. The standard InChI is InChI=1S/C18H25N5/c1-2-19-18(20-12-15-8-9-15)21-13-16-6-3-4-7-17(16)14-23-11-5-10-22-23/h3-7,10-11,15H,2,8-9,12-14H2,1H3,(H2,19,20,21). The predicted octanol–water partition coefficient (Wildman–Crippen LogP) is 2.40. The van der Waals surface area contributed by atoms with Crippen LogP contribution in [-0.2, 0) is 13.1 Å². The van der Waals surface area contributed by atoms with Crippen LogP contribution in [-0.4, -0.2) is 28.8 Å². The summed E-state index contributed by atoms with van der Waals surface area (Å²) in [4.78, 5) is 4.74. The Bertz CT molecular complexity index is 629. The molecule has 5 heteroatoms. The average Bonchev–Trinajstić information content (AvgIpc) is 3.26. The minimum atomic E-state index is 0.678. The van der Waals surface area contributed by atoms with Crippen LogP contribution < -0.4 is 10.6 Å². The summed E-state index contributed by atoms with van der Waals surface area (Å²) >= 11 is 0. The lowest BCUT2D eigenvalue weighted by atomic mass is 10.1. The number of hydrogen-bond acceptors (Lipinski definition) is 2. The van der Waals surface area contributed by atoms with Gasteiger partial charge in [-0.3, -0.25) is 4.68 Å². The average molecular weight is 311 g/mol. The summed E-state index contributed by atoms with van der Waals surface area (Å²) in [6.07, 6.45) is 6.49. The summed E-state index contributed by atoms with van der Waals surface area (Å²) in [6, 6.07) is 10.4. The zero-order chi connectivity index (χ0) is 15.9. The third kappa shape index (κ3) is 4.84. The molecule has 5 nitrogen and oxygen atoms in total. The number of guanidine groups is 1. The van der Waals surface area contributed by atoms with Crippen LogP contribution in [0.3, 0.4) is 0 Å². The Hall–Kier alpha value is -2.30. The van der Waals surface area contributed by atoms with Crippen LogP contribution in [0.15, 0.2) is 47.7 Å². The highest BCUT2D eigenvalue weighted by Gasteiger charge is 2.21. The number of nitrogens with zero attached hydrogens (tertiary/aromatic N) is 3. The van der Waals surface area contributed by atoms with Gasteiger partial charge in [0.2, 0.25) is 0 Å². The van der Waals surface area contributed by atoms with Crippen LogP contribution in [0, 0.1) is 5.92 Å². The molecule has 0 aliphatic heterocycles. The first-order valence-electron chi connectivity index (χ1n) is 8.41. The lowest BCUT2D eigenvalue weighted by molar-refractivity contribution is 0.680. The molecular formula is C18H25N5. The summed E-state index contributed by atoms with van der Waals surface area (Å²) in [5.41, 5.74) is 2.50. The van der Waals surface area contributed by atoms with Gasteiger partial charge in [-0.2, -0.15) is 5.10 Å². The molecule has 1 aromatic heterocycles. The quantitative estimate of drug-likeness (QED) is 0.610. The van der Waals surface area contributed by atoms with E-state index in [-0.39, 0.29) is 0 Å². The molecule has 2 N–H and O–H groups in total. The zero-order valence-corrected chi connectivity index (χ0v) is 13.7. The smallest absolute Gasteiger partial charge is 0.191 e. The van der Waals surface area contributed by atoms with Gasteiger partial charge in [-0.15, -0.1) is 0 Å². The zero-order valence-electron chi connectivity index (χ0n) is 13.7. The second-order valence-electron chi connectivity index (χ2n) is 5.99. The molecule has 2 aromatic rings. The molecule has 0 atom stereocenters. The monoisotopic (exact) mass is 311 g/mol. The Kier molecular flexibility index (Phi) is 5.29. The van der Waals surface area contributed by atoms with Gasteiger partial charge >= 0.3 is 0 Å². The van der Waals surface area contributed by atoms with E-state index in [0.717, 1.165) is 31.5 Å². The molecule has 0 amide bonds. The predicted molar refractivity (Wildman–Crippen MR) is 93.3 cm³/mol. The third-order valence-corrected chi connectivity index (χ3v) is 4.02. The number of aromatic nitrogens is 2. The lowest BCUT2D eigenvalue weighted by Gasteiger charge is -2.12. The van der Waals surface area contributed by atoms with Crippen LogP contribution >= 0.6 is 0 Å². The second-order valence-corrected chi connectivity index (χ2v) is 5.99. The highest BCUT2D eigenvalue weighted by Crippen LogP contribution is 2.27. The minimum Gasteiger partial charge on any atom is -0.357 e. The molecule has 1 aliphatic carbocycles. The molecule has 1 aromatic carbocycles. The number of aliphatic imine (C=N–C) groups is 1. The van der Waals surface area contributed by atoms with E-state index in [0.29, 0.717) is 6.54 Å². The maximum Gasteiger partial charge on any atom is 0.191 e. The van der Waals surface area contributed by atoms with Crippen LogP contribution in [0.1, 0.15) is 30.9 Å². The highest BCUT2D eigenvalue weighted by molar-refractivity contribution is 5.79. The summed E-state index contributed by atoms with van der Waals surface area (Å²) in [5, 5.41) is 11.1. The van der Waals surface area contributed by atoms with Crippen molar-refractivity contribution in [3.05, 3.63) is 53.9 Å². The van der Waals surface area contributed by atoms with Gasteiger partial charge in [0.1, 0.15) is 0 Å². The first-order chi connectivity index (χ1) is 11.3. The normalized spacial score (nSPS) is 14.7. The summed E-state index contributed by atoms with van der Waals surface area (Å²) in [7, 11) is 0. The van der Waals surface area contributed by atoms with Crippen molar-refractivity contribution in [3.8, 4) is 0 Å². The van der Waals surface area contributed by atoms with Crippen molar-refractivity contribution < 1.29 is 0 Å². The topological polar surface area (TPSA) is 54.2 Å². The van der Waals surface area contributed by atoms with Crippen molar-refractivity contribution in [3.63, 3.8) is 0 Å². The molecule has 1 aliphatic rings. The van der Waals surface area contributed by atoms with Gasteiger partial charge in [-0.05, 0) is 42.9 Å². The van der Waals surface area contributed by atoms with E-state index in [1.54, 1.807) is 0 Å². The van der Waals surface area contributed by atoms with Gasteiger partial charge in [0.15, 0.2) is 5.96 Å². The van der Waals surface area contributed by atoms with E-state index < -0.39 is 0 Å². The Morgan fingerprint density at radius 1 is 1.22 bits per heavy atom. The fourth-order valence-electron chi connectivity index (χ4n) is 2.50. The molecule has 0 radical (unpaired) electrons. The third-order valence-electron chi connectivity index (χ3n) is 4.02. The van der Waals surface area contributed by atoms with Crippen LogP contribution in [0.4, 0.5) is 0 Å². The van der Waals surface area contributed by atoms with Gasteiger partial charge in [-0.25, -0.2) is 4.99 Å². The molecule has 0 bridgehead atoms. The largest absolute Gasteiger partial charge is 0.357 e. The van der Waals surface area contributed by atoms with Gasteiger partial charge in [0.25, 0.3) is 0 Å². The Balaban J connectivity index is 1.66. The van der Waals surface area contributed by atoms with Crippen LogP contribution in [0.25, 0.3) is 0 Å². The second kappa shape index (κ2) is 7.81. The van der Waals surface area contributed by atoms with Crippen LogP contribution in [0.5, 0.6) is 0 Å². The summed E-state index contributed by atoms with van der Waals surface area (Å²) in [6.45, 7) is 5.47. The fraction of sp³-hybridized carbons (Fsp3) is 0.444. The summed E-state index contributed by atoms with van der Waals surface area (Å²) in [5.74, 6) is 1.75. The molecule has 1 heterocycles. The molecule has 0 spiro atoms. The first-order valence-corrected chi connectivity index (χ1v) is 8.41. The van der Waals surface area contributed by atoms with E-state index in [9.17, 15) is 0 Å². The van der Waals surface area contributed by atoms with Gasteiger partial charge in [0.05, 0.1) is 13.1 Å².